The summed E-state index contributed by atoms with van der Waals surface area (Å²) in [6, 6.07) is 6.41. The van der Waals surface area contributed by atoms with Crippen molar-refractivity contribution in [2.24, 2.45) is 10.7 Å². The fourth-order valence-electron chi connectivity index (χ4n) is 4.79. The normalized spacial score (nSPS) is 21.1. The van der Waals surface area contributed by atoms with Gasteiger partial charge in [0.2, 0.25) is 0 Å². The van der Waals surface area contributed by atoms with Gasteiger partial charge in [-0.25, -0.2) is 4.98 Å². The molecular weight excluding hydrogens is 398 g/mol. The Morgan fingerprint density at radius 2 is 1.87 bits per heavy atom. The third-order valence-electron chi connectivity index (χ3n) is 6.55. The summed E-state index contributed by atoms with van der Waals surface area (Å²) >= 11 is 1.69. The van der Waals surface area contributed by atoms with Gasteiger partial charge in [0.05, 0.1) is 6.54 Å². The van der Waals surface area contributed by atoms with Gasteiger partial charge in [-0.05, 0) is 30.5 Å². The first kappa shape index (κ1) is 19.5. The molecule has 1 saturated carbocycles. The quantitative estimate of drug-likeness (QED) is 0.597. The molecule has 2 aromatic rings. The lowest BCUT2D eigenvalue weighted by molar-refractivity contribution is 0.171. The average Bonchev–Trinajstić information content (AvgIpc) is 3.50. The number of fused-ring (bicyclic) bond motifs is 1. The van der Waals surface area contributed by atoms with Crippen LogP contribution < -0.4 is 20.1 Å². The van der Waals surface area contributed by atoms with Gasteiger partial charge >= 0.3 is 0 Å². The number of rotatable bonds is 4. The maximum atomic E-state index is 6.44. The Hall–Kier alpha value is -2.48. The Morgan fingerprint density at radius 1 is 1.10 bits per heavy atom. The Labute approximate surface area is 181 Å². The number of piperazine rings is 1. The fourth-order valence-corrected chi connectivity index (χ4v) is 5.49. The van der Waals surface area contributed by atoms with Crippen molar-refractivity contribution in [2.45, 2.75) is 31.1 Å². The largest absolute Gasteiger partial charge is 0.486 e. The molecular formula is C22H29N5O2S. The van der Waals surface area contributed by atoms with Gasteiger partial charge in [0.15, 0.2) is 22.6 Å². The SMILES string of the molecule is NC(=NCC1(c2ccc3c(c2)OCCO3)CCCC1)N1CCN(c2nccs2)CC1. The second-order valence-electron chi connectivity index (χ2n) is 8.31. The summed E-state index contributed by atoms with van der Waals surface area (Å²) in [7, 11) is 0. The molecule has 1 aromatic heterocycles. The van der Waals surface area contributed by atoms with E-state index in [0.717, 1.165) is 62.2 Å². The monoisotopic (exact) mass is 427 g/mol. The van der Waals surface area contributed by atoms with Crippen molar-refractivity contribution >= 4 is 22.4 Å². The highest BCUT2D eigenvalue weighted by molar-refractivity contribution is 7.13. The number of hydrogen-bond acceptors (Lipinski definition) is 6. The predicted octanol–water partition coefficient (Wildman–Crippen LogP) is 2.86. The predicted molar refractivity (Wildman–Crippen MR) is 120 cm³/mol. The third kappa shape index (κ3) is 3.80. The zero-order chi connectivity index (χ0) is 20.4. The molecule has 0 radical (unpaired) electrons. The molecule has 160 valence electrons. The van der Waals surface area contributed by atoms with E-state index in [2.05, 4.69) is 33.0 Å². The van der Waals surface area contributed by atoms with Gasteiger partial charge in [-0.3, -0.25) is 4.99 Å². The lowest BCUT2D eigenvalue weighted by Gasteiger charge is -2.36. The second-order valence-corrected chi connectivity index (χ2v) is 9.18. The maximum absolute atomic E-state index is 6.44. The summed E-state index contributed by atoms with van der Waals surface area (Å²) in [4.78, 5) is 13.8. The van der Waals surface area contributed by atoms with E-state index in [1.807, 2.05) is 11.6 Å². The van der Waals surface area contributed by atoms with Crippen molar-refractivity contribution in [3.8, 4) is 11.5 Å². The van der Waals surface area contributed by atoms with Crippen LogP contribution in [0.1, 0.15) is 31.2 Å². The molecule has 2 fully saturated rings. The summed E-state index contributed by atoms with van der Waals surface area (Å²) in [6.45, 7) is 5.58. The minimum Gasteiger partial charge on any atom is -0.486 e. The van der Waals surface area contributed by atoms with Crippen LogP contribution in [0.15, 0.2) is 34.8 Å². The summed E-state index contributed by atoms with van der Waals surface area (Å²) in [6.07, 6.45) is 6.61. The van der Waals surface area contributed by atoms with Crippen molar-refractivity contribution in [3.05, 3.63) is 35.3 Å². The van der Waals surface area contributed by atoms with Gasteiger partial charge in [0, 0.05) is 43.2 Å². The van der Waals surface area contributed by atoms with Crippen LogP contribution in [0.3, 0.4) is 0 Å². The summed E-state index contributed by atoms with van der Waals surface area (Å²) in [5.74, 6) is 2.37. The van der Waals surface area contributed by atoms with E-state index < -0.39 is 0 Å². The molecule has 3 aliphatic rings. The highest BCUT2D eigenvalue weighted by atomic mass is 32.1. The minimum atomic E-state index is 0.0448. The zero-order valence-electron chi connectivity index (χ0n) is 17.3. The number of nitrogens with zero attached hydrogens (tertiary/aromatic N) is 4. The number of hydrogen-bond donors (Lipinski definition) is 1. The second kappa shape index (κ2) is 8.34. The van der Waals surface area contributed by atoms with Gasteiger partial charge in [0.1, 0.15) is 13.2 Å². The molecule has 2 N–H and O–H groups in total. The molecule has 1 aromatic carbocycles. The zero-order valence-corrected chi connectivity index (χ0v) is 18.1. The smallest absolute Gasteiger partial charge is 0.191 e. The van der Waals surface area contributed by atoms with Crippen molar-refractivity contribution < 1.29 is 9.47 Å². The summed E-state index contributed by atoms with van der Waals surface area (Å²) in [5, 5.41) is 3.12. The van der Waals surface area contributed by atoms with E-state index in [0.29, 0.717) is 19.2 Å². The van der Waals surface area contributed by atoms with Crippen LogP contribution in [0.4, 0.5) is 5.13 Å². The summed E-state index contributed by atoms with van der Waals surface area (Å²) < 4.78 is 11.5. The van der Waals surface area contributed by atoms with Crippen LogP contribution >= 0.6 is 11.3 Å². The molecule has 0 unspecified atom stereocenters. The van der Waals surface area contributed by atoms with Gasteiger partial charge in [-0.2, -0.15) is 0 Å². The Kier molecular flexibility index (Phi) is 5.41. The molecule has 7 nitrogen and oxygen atoms in total. The number of anilines is 1. The Bertz CT molecular complexity index is 887. The molecule has 2 aliphatic heterocycles. The first-order valence-corrected chi connectivity index (χ1v) is 11.7. The van der Waals surface area contributed by atoms with E-state index in [1.165, 1.54) is 18.4 Å². The maximum Gasteiger partial charge on any atom is 0.191 e. The number of ether oxygens (including phenoxy) is 2. The van der Waals surface area contributed by atoms with E-state index in [1.54, 1.807) is 11.3 Å². The van der Waals surface area contributed by atoms with Crippen molar-refractivity contribution in [1.82, 2.24) is 9.88 Å². The molecule has 0 atom stereocenters. The van der Waals surface area contributed by atoms with E-state index in [4.69, 9.17) is 20.2 Å². The van der Waals surface area contributed by atoms with Gasteiger partial charge in [0.25, 0.3) is 0 Å². The topological polar surface area (TPSA) is 76.2 Å². The van der Waals surface area contributed by atoms with Crippen LogP contribution in [0.5, 0.6) is 11.5 Å². The highest BCUT2D eigenvalue weighted by Crippen LogP contribution is 2.44. The number of aromatic nitrogens is 1. The molecule has 5 rings (SSSR count). The number of thiazole rings is 1. The molecule has 1 aliphatic carbocycles. The van der Waals surface area contributed by atoms with E-state index in [9.17, 15) is 0 Å². The molecule has 0 bridgehead atoms. The number of nitrogens with two attached hydrogens (primary N) is 1. The number of benzene rings is 1. The van der Waals surface area contributed by atoms with Crippen molar-refractivity contribution in [2.75, 3.05) is 50.8 Å². The van der Waals surface area contributed by atoms with Gasteiger partial charge < -0.3 is 25.0 Å². The fraction of sp³-hybridized carbons (Fsp3) is 0.545. The standard InChI is InChI=1S/C22H29N5O2S/c23-20(26-8-10-27(11-9-26)21-24-7-14-30-21)25-16-22(5-1-2-6-22)17-3-4-18-19(15-17)29-13-12-28-18/h3-4,7,14-15H,1-2,5-6,8-13,16H2,(H2,23,25). The number of guanidine groups is 1. The summed E-state index contributed by atoms with van der Waals surface area (Å²) in [5.41, 5.74) is 7.78. The van der Waals surface area contributed by atoms with Crippen LogP contribution in [-0.4, -0.2) is 61.8 Å². The lowest BCUT2D eigenvalue weighted by Crippen LogP contribution is -2.51. The molecule has 1 saturated heterocycles. The highest BCUT2D eigenvalue weighted by Gasteiger charge is 2.36. The van der Waals surface area contributed by atoms with Crippen LogP contribution in [0.2, 0.25) is 0 Å². The van der Waals surface area contributed by atoms with Gasteiger partial charge in [-0.1, -0.05) is 18.9 Å². The first-order chi connectivity index (χ1) is 14.7. The Morgan fingerprint density at radius 3 is 2.60 bits per heavy atom. The van der Waals surface area contributed by atoms with Gasteiger partial charge in [-0.15, -0.1) is 11.3 Å². The average molecular weight is 428 g/mol. The van der Waals surface area contributed by atoms with Crippen LogP contribution in [0, 0.1) is 0 Å². The first-order valence-electron chi connectivity index (χ1n) is 10.8. The molecule has 3 heterocycles. The van der Waals surface area contributed by atoms with E-state index >= 15 is 0 Å². The van der Waals surface area contributed by atoms with Crippen LogP contribution in [0.25, 0.3) is 0 Å². The number of aliphatic imine (C=N–C) groups is 1. The van der Waals surface area contributed by atoms with Crippen LogP contribution in [-0.2, 0) is 5.41 Å². The minimum absolute atomic E-state index is 0.0448. The lowest BCUT2D eigenvalue weighted by atomic mass is 9.79. The molecule has 0 amide bonds. The molecule has 30 heavy (non-hydrogen) atoms. The Balaban J connectivity index is 1.28. The van der Waals surface area contributed by atoms with E-state index in [-0.39, 0.29) is 5.41 Å². The molecule has 0 spiro atoms. The van der Waals surface area contributed by atoms with Crippen molar-refractivity contribution in [3.63, 3.8) is 0 Å². The molecule has 8 heteroatoms. The third-order valence-corrected chi connectivity index (χ3v) is 7.38. The van der Waals surface area contributed by atoms with Crippen molar-refractivity contribution in [1.29, 1.82) is 0 Å².